The van der Waals surface area contributed by atoms with Crippen LogP contribution in [0.1, 0.15) is 51.3 Å². The van der Waals surface area contributed by atoms with Crippen molar-refractivity contribution in [3.63, 3.8) is 0 Å². The highest BCUT2D eigenvalue weighted by atomic mass is 16.5. The van der Waals surface area contributed by atoms with Crippen molar-refractivity contribution in [3.05, 3.63) is 30.2 Å². The number of rotatable bonds is 9. The van der Waals surface area contributed by atoms with Crippen molar-refractivity contribution < 1.29 is 18.8 Å². The van der Waals surface area contributed by atoms with Gasteiger partial charge >= 0.3 is 0 Å². The minimum absolute atomic E-state index is 0.000794. The predicted octanol–water partition coefficient (Wildman–Crippen LogP) is 2.98. The maximum atomic E-state index is 12.3. The third-order valence-electron chi connectivity index (χ3n) is 5.28. The zero-order valence-corrected chi connectivity index (χ0v) is 17.7. The zero-order chi connectivity index (χ0) is 21.3. The lowest BCUT2D eigenvalue weighted by molar-refractivity contribution is -0.130. The normalized spacial score (nSPS) is 16.9. The molecule has 1 atom stereocenters. The quantitative estimate of drug-likeness (QED) is 0.677. The fourth-order valence-corrected chi connectivity index (χ4v) is 3.68. The molecule has 1 aromatic carbocycles. The standard InChI is InChI=1S/C22H30N4O4/c1-3-14-26-15-13-16(11-12-21(26)28)23-19(27)9-6-10-20-24-22(25-30-20)17-7-4-5-8-18(17)29-2/h4-5,7-8,16H,3,6,9-15H2,1-2H3,(H,23,27). The first-order chi connectivity index (χ1) is 14.6. The summed E-state index contributed by atoms with van der Waals surface area (Å²) in [5.74, 6) is 1.85. The fraction of sp³-hybridized carbons (Fsp3) is 0.545. The number of hydrogen-bond donors (Lipinski definition) is 1. The molecule has 1 aliphatic heterocycles. The van der Waals surface area contributed by atoms with E-state index in [0.29, 0.717) is 56.1 Å². The molecule has 2 amide bonds. The Morgan fingerprint density at radius 2 is 2.17 bits per heavy atom. The van der Waals surface area contributed by atoms with E-state index in [0.717, 1.165) is 24.9 Å². The van der Waals surface area contributed by atoms with Crippen LogP contribution in [0.4, 0.5) is 0 Å². The van der Waals surface area contributed by atoms with Gasteiger partial charge in [-0.1, -0.05) is 24.2 Å². The Bertz CT molecular complexity index is 851. The molecule has 0 radical (unpaired) electrons. The second-order valence-corrected chi connectivity index (χ2v) is 7.54. The number of carbonyl (C=O) groups is 2. The first-order valence-corrected chi connectivity index (χ1v) is 10.6. The molecule has 1 aromatic heterocycles. The number of para-hydroxylation sites is 1. The number of aryl methyl sites for hydroxylation is 1. The van der Waals surface area contributed by atoms with Gasteiger partial charge in [0.15, 0.2) is 0 Å². The van der Waals surface area contributed by atoms with Gasteiger partial charge in [0.05, 0.1) is 12.7 Å². The smallest absolute Gasteiger partial charge is 0.226 e. The van der Waals surface area contributed by atoms with Crippen LogP contribution in [0.15, 0.2) is 28.8 Å². The van der Waals surface area contributed by atoms with Gasteiger partial charge in [-0.15, -0.1) is 0 Å². The molecule has 2 heterocycles. The lowest BCUT2D eigenvalue weighted by Gasteiger charge is -2.20. The SMILES string of the molecule is CCCN1CCC(NC(=O)CCCc2nc(-c3ccccc3OC)no2)CCC1=O. The van der Waals surface area contributed by atoms with Crippen LogP contribution in [-0.4, -0.2) is 53.1 Å². The molecule has 1 saturated heterocycles. The Morgan fingerprint density at radius 3 is 2.97 bits per heavy atom. The van der Waals surface area contributed by atoms with Crippen molar-refractivity contribution in [2.75, 3.05) is 20.2 Å². The minimum Gasteiger partial charge on any atom is -0.496 e. The van der Waals surface area contributed by atoms with Crippen molar-refractivity contribution in [1.82, 2.24) is 20.4 Å². The van der Waals surface area contributed by atoms with E-state index in [9.17, 15) is 9.59 Å². The van der Waals surface area contributed by atoms with E-state index in [2.05, 4.69) is 22.4 Å². The summed E-state index contributed by atoms with van der Waals surface area (Å²) >= 11 is 0. The molecule has 8 nitrogen and oxygen atoms in total. The van der Waals surface area contributed by atoms with Crippen LogP contribution in [0.25, 0.3) is 11.4 Å². The number of ether oxygens (including phenoxy) is 1. The largest absolute Gasteiger partial charge is 0.496 e. The van der Waals surface area contributed by atoms with Crippen LogP contribution in [0.5, 0.6) is 5.75 Å². The van der Waals surface area contributed by atoms with Gasteiger partial charge in [-0.3, -0.25) is 9.59 Å². The number of amides is 2. The van der Waals surface area contributed by atoms with E-state index < -0.39 is 0 Å². The highest BCUT2D eigenvalue weighted by Crippen LogP contribution is 2.27. The molecule has 0 aliphatic carbocycles. The van der Waals surface area contributed by atoms with Crippen molar-refractivity contribution in [3.8, 4) is 17.1 Å². The van der Waals surface area contributed by atoms with Gasteiger partial charge < -0.3 is 19.5 Å². The number of likely N-dealkylation sites (tertiary alicyclic amines) is 1. The van der Waals surface area contributed by atoms with Gasteiger partial charge in [-0.25, -0.2) is 0 Å². The lowest BCUT2D eigenvalue weighted by Crippen LogP contribution is -2.36. The number of hydrogen-bond acceptors (Lipinski definition) is 6. The average Bonchev–Trinajstić information content (AvgIpc) is 3.16. The molecular formula is C22H30N4O4. The minimum atomic E-state index is 0.000794. The first-order valence-electron chi connectivity index (χ1n) is 10.6. The highest BCUT2D eigenvalue weighted by molar-refractivity contribution is 5.78. The average molecular weight is 415 g/mol. The highest BCUT2D eigenvalue weighted by Gasteiger charge is 2.23. The molecule has 162 valence electrons. The molecule has 1 fully saturated rings. The summed E-state index contributed by atoms with van der Waals surface area (Å²) in [6, 6.07) is 7.55. The molecule has 0 saturated carbocycles. The number of carbonyl (C=O) groups excluding carboxylic acids is 2. The van der Waals surface area contributed by atoms with E-state index in [4.69, 9.17) is 9.26 Å². The van der Waals surface area contributed by atoms with Crippen LogP contribution in [0.3, 0.4) is 0 Å². The van der Waals surface area contributed by atoms with Gasteiger partial charge in [-0.2, -0.15) is 4.98 Å². The Morgan fingerprint density at radius 1 is 1.33 bits per heavy atom. The Labute approximate surface area is 177 Å². The first kappa shape index (κ1) is 21.8. The summed E-state index contributed by atoms with van der Waals surface area (Å²) < 4.78 is 10.7. The number of methoxy groups -OCH3 is 1. The molecule has 1 aliphatic rings. The van der Waals surface area contributed by atoms with Crippen molar-refractivity contribution in [2.45, 2.75) is 57.9 Å². The van der Waals surface area contributed by atoms with Gasteiger partial charge in [-0.05, 0) is 37.8 Å². The summed E-state index contributed by atoms with van der Waals surface area (Å²) in [7, 11) is 1.60. The number of nitrogens with zero attached hydrogens (tertiary/aromatic N) is 3. The third kappa shape index (κ3) is 5.81. The van der Waals surface area contributed by atoms with Gasteiger partial charge in [0.25, 0.3) is 0 Å². The molecule has 0 bridgehead atoms. The number of aromatic nitrogens is 2. The maximum Gasteiger partial charge on any atom is 0.226 e. The van der Waals surface area contributed by atoms with Gasteiger partial charge in [0.2, 0.25) is 23.5 Å². The third-order valence-corrected chi connectivity index (χ3v) is 5.28. The lowest BCUT2D eigenvalue weighted by atomic mass is 10.1. The molecule has 30 heavy (non-hydrogen) atoms. The van der Waals surface area contributed by atoms with Crippen LogP contribution in [0, 0.1) is 0 Å². The molecule has 0 spiro atoms. The molecule has 1 N–H and O–H groups in total. The van der Waals surface area contributed by atoms with E-state index >= 15 is 0 Å². The zero-order valence-electron chi connectivity index (χ0n) is 17.7. The topological polar surface area (TPSA) is 97.6 Å². The monoisotopic (exact) mass is 414 g/mol. The van der Waals surface area contributed by atoms with E-state index in [-0.39, 0.29) is 17.9 Å². The summed E-state index contributed by atoms with van der Waals surface area (Å²) in [5.41, 5.74) is 0.771. The molecule has 2 aromatic rings. The molecular weight excluding hydrogens is 384 g/mol. The molecule has 1 unspecified atom stereocenters. The second kappa shape index (κ2) is 10.8. The summed E-state index contributed by atoms with van der Waals surface area (Å²) in [4.78, 5) is 30.7. The van der Waals surface area contributed by atoms with Gasteiger partial charge in [0, 0.05) is 38.4 Å². The van der Waals surface area contributed by atoms with E-state index in [1.54, 1.807) is 7.11 Å². The van der Waals surface area contributed by atoms with Crippen molar-refractivity contribution >= 4 is 11.8 Å². The fourth-order valence-electron chi connectivity index (χ4n) is 3.68. The Hall–Kier alpha value is -2.90. The van der Waals surface area contributed by atoms with Crippen LogP contribution in [0.2, 0.25) is 0 Å². The van der Waals surface area contributed by atoms with Crippen LogP contribution < -0.4 is 10.1 Å². The maximum absolute atomic E-state index is 12.3. The molecule has 3 rings (SSSR count). The van der Waals surface area contributed by atoms with Crippen molar-refractivity contribution in [1.29, 1.82) is 0 Å². The Balaban J connectivity index is 1.44. The Kier molecular flexibility index (Phi) is 7.82. The van der Waals surface area contributed by atoms with E-state index in [1.807, 2.05) is 29.2 Å². The van der Waals surface area contributed by atoms with Gasteiger partial charge in [0.1, 0.15) is 5.75 Å². The second-order valence-electron chi connectivity index (χ2n) is 7.54. The van der Waals surface area contributed by atoms with Crippen molar-refractivity contribution in [2.24, 2.45) is 0 Å². The summed E-state index contributed by atoms with van der Waals surface area (Å²) in [6.45, 7) is 3.58. The predicted molar refractivity (Wildman–Crippen MR) is 112 cm³/mol. The summed E-state index contributed by atoms with van der Waals surface area (Å²) in [6.07, 6.45) is 4.50. The van der Waals surface area contributed by atoms with E-state index in [1.165, 1.54) is 0 Å². The van der Waals surface area contributed by atoms with Crippen LogP contribution >= 0.6 is 0 Å². The number of benzene rings is 1. The summed E-state index contributed by atoms with van der Waals surface area (Å²) in [5, 5.41) is 7.10. The van der Waals surface area contributed by atoms with Crippen LogP contribution in [-0.2, 0) is 16.0 Å². The molecule has 8 heteroatoms. The number of nitrogens with one attached hydrogen (secondary N) is 1.